The lowest BCUT2D eigenvalue weighted by Crippen LogP contribution is -2.33. The number of amides is 1. The number of hydrogen-bond acceptors (Lipinski definition) is 3. The Morgan fingerprint density at radius 3 is 2.68 bits per heavy atom. The van der Waals surface area contributed by atoms with E-state index in [0.717, 1.165) is 6.08 Å². The molecular formula is C21H25F2NO4. The second-order valence-corrected chi connectivity index (χ2v) is 6.73. The van der Waals surface area contributed by atoms with E-state index in [4.69, 9.17) is 5.11 Å². The van der Waals surface area contributed by atoms with Crippen LogP contribution in [0.4, 0.5) is 8.78 Å². The zero-order valence-electron chi connectivity index (χ0n) is 15.5. The predicted octanol–water partition coefficient (Wildman–Crippen LogP) is 3.50. The Kier molecular flexibility index (Phi) is 7.87. The molecule has 2 atom stereocenters. The van der Waals surface area contributed by atoms with Gasteiger partial charge in [0.2, 0.25) is 5.91 Å². The maximum absolute atomic E-state index is 14.3. The molecule has 28 heavy (non-hydrogen) atoms. The second kappa shape index (κ2) is 10.1. The maximum Gasteiger partial charge on any atom is 0.303 e. The Balaban J connectivity index is 1.93. The zero-order chi connectivity index (χ0) is 20.6. The van der Waals surface area contributed by atoms with Crippen molar-refractivity contribution in [2.45, 2.75) is 50.2 Å². The molecule has 1 aliphatic heterocycles. The molecule has 0 bridgehead atoms. The standard InChI is InChI=1S/C21H25F2NO4/c22-21(23,16-8-4-3-5-9-16)18(25)13-11-17-12-14-19(26)24(17)15-7-2-1-6-10-20(27)28/h2-5,7-9,11,13,17-18,25H,1,6,10,12,14-15H2,(H,27,28)/t17-,18+/m0/s1. The van der Waals surface area contributed by atoms with Crippen molar-refractivity contribution in [2.24, 2.45) is 0 Å². The summed E-state index contributed by atoms with van der Waals surface area (Å²) in [5.74, 6) is -4.34. The van der Waals surface area contributed by atoms with Crippen molar-refractivity contribution in [3.05, 3.63) is 60.2 Å². The molecule has 152 valence electrons. The molecule has 2 rings (SSSR count). The molecular weight excluding hydrogens is 368 g/mol. The first-order valence-corrected chi connectivity index (χ1v) is 9.28. The van der Waals surface area contributed by atoms with Crippen LogP contribution in [0.25, 0.3) is 0 Å². The van der Waals surface area contributed by atoms with Gasteiger partial charge in [-0.15, -0.1) is 0 Å². The van der Waals surface area contributed by atoms with Crippen LogP contribution < -0.4 is 0 Å². The SMILES string of the molecule is O=C(O)CCCC=CCN1C(=O)CC[C@@H]1C=C[C@@H](O)C(F)(F)c1ccccc1. The molecule has 0 aliphatic carbocycles. The molecule has 5 nitrogen and oxygen atoms in total. The fraction of sp³-hybridized carbons (Fsp3) is 0.429. The van der Waals surface area contributed by atoms with Crippen LogP contribution in [0.15, 0.2) is 54.6 Å². The van der Waals surface area contributed by atoms with Gasteiger partial charge in [0.15, 0.2) is 0 Å². The molecule has 1 fully saturated rings. The Bertz CT molecular complexity index is 718. The molecule has 1 amide bonds. The minimum Gasteiger partial charge on any atom is -0.481 e. The van der Waals surface area contributed by atoms with Crippen molar-refractivity contribution in [1.29, 1.82) is 0 Å². The number of nitrogens with zero attached hydrogens (tertiary/aromatic N) is 1. The average Bonchev–Trinajstić information content (AvgIpc) is 3.02. The largest absolute Gasteiger partial charge is 0.481 e. The van der Waals surface area contributed by atoms with Crippen molar-refractivity contribution < 1.29 is 28.6 Å². The number of carbonyl (C=O) groups is 2. The van der Waals surface area contributed by atoms with Gasteiger partial charge < -0.3 is 15.1 Å². The van der Waals surface area contributed by atoms with Gasteiger partial charge in [-0.25, -0.2) is 0 Å². The number of halogens is 2. The monoisotopic (exact) mass is 393 g/mol. The molecule has 0 radical (unpaired) electrons. The normalized spacial score (nSPS) is 19.0. The molecule has 0 saturated carbocycles. The number of aliphatic carboxylic acids is 1. The highest BCUT2D eigenvalue weighted by atomic mass is 19.3. The molecule has 0 aromatic heterocycles. The van der Waals surface area contributed by atoms with E-state index >= 15 is 0 Å². The molecule has 1 aromatic carbocycles. The summed E-state index contributed by atoms with van der Waals surface area (Å²) >= 11 is 0. The zero-order valence-corrected chi connectivity index (χ0v) is 15.5. The highest BCUT2D eigenvalue weighted by Gasteiger charge is 2.39. The van der Waals surface area contributed by atoms with E-state index in [2.05, 4.69) is 0 Å². The third-order valence-electron chi connectivity index (χ3n) is 4.65. The van der Waals surface area contributed by atoms with Crippen LogP contribution in [0.1, 0.15) is 37.7 Å². The van der Waals surface area contributed by atoms with Gasteiger partial charge in [0, 0.05) is 24.9 Å². The summed E-state index contributed by atoms with van der Waals surface area (Å²) in [5.41, 5.74) is -0.268. The van der Waals surface area contributed by atoms with E-state index in [1.807, 2.05) is 6.08 Å². The van der Waals surface area contributed by atoms with Gasteiger partial charge in [-0.2, -0.15) is 8.78 Å². The molecule has 1 aromatic rings. The Labute approximate surface area is 163 Å². The second-order valence-electron chi connectivity index (χ2n) is 6.73. The Morgan fingerprint density at radius 1 is 1.29 bits per heavy atom. The summed E-state index contributed by atoms with van der Waals surface area (Å²) in [6.45, 7) is 0.325. The van der Waals surface area contributed by atoms with E-state index in [1.165, 1.54) is 30.3 Å². The van der Waals surface area contributed by atoms with Crippen LogP contribution in [-0.2, 0) is 15.5 Å². The first-order chi connectivity index (χ1) is 13.3. The fourth-order valence-electron chi connectivity index (χ4n) is 3.06. The summed E-state index contributed by atoms with van der Waals surface area (Å²) in [6, 6.07) is 6.77. The van der Waals surface area contributed by atoms with Crippen LogP contribution in [0.2, 0.25) is 0 Å². The first kappa shape index (κ1) is 21.8. The van der Waals surface area contributed by atoms with Crippen LogP contribution in [0, 0.1) is 0 Å². The smallest absolute Gasteiger partial charge is 0.303 e. The minimum absolute atomic E-state index is 0.0749. The fourth-order valence-corrected chi connectivity index (χ4v) is 3.06. The van der Waals surface area contributed by atoms with Gasteiger partial charge in [0.25, 0.3) is 0 Å². The number of hydrogen-bond donors (Lipinski definition) is 2. The number of allylic oxidation sites excluding steroid dienone is 1. The first-order valence-electron chi connectivity index (χ1n) is 9.28. The highest BCUT2D eigenvalue weighted by molar-refractivity contribution is 5.79. The topological polar surface area (TPSA) is 77.8 Å². The molecule has 0 spiro atoms. The third kappa shape index (κ3) is 5.99. The quantitative estimate of drug-likeness (QED) is 0.471. The number of alkyl halides is 2. The summed E-state index contributed by atoms with van der Waals surface area (Å²) in [7, 11) is 0. The van der Waals surface area contributed by atoms with Gasteiger partial charge in [-0.1, -0.05) is 54.6 Å². The van der Waals surface area contributed by atoms with E-state index in [1.54, 1.807) is 17.0 Å². The Morgan fingerprint density at radius 2 is 2.00 bits per heavy atom. The lowest BCUT2D eigenvalue weighted by Gasteiger charge is -2.23. The highest BCUT2D eigenvalue weighted by Crippen LogP contribution is 2.32. The van der Waals surface area contributed by atoms with E-state index < -0.39 is 18.0 Å². The minimum atomic E-state index is -3.42. The van der Waals surface area contributed by atoms with Gasteiger partial charge in [0.1, 0.15) is 6.10 Å². The van der Waals surface area contributed by atoms with Crippen LogP contribution in [0.3, 0.4) is 0 Å². The molecule has 1 heterocycles. The van der Waals surface area contributed by atoms with Crippen molar-refractivity contribution in [3.63, 3.8) is 0 Å². The van der Waals surface area contributed by atoms with Crippen molar-refractivity contribution in [2.75, 3.05) is 6.54 Å². The molecule has 0 unspecified atom stereocenters. The van der Waals surface area contributed by atoms with Crippen LogP contribution >= 0.6 is 0 Å². The Hall–Kier alpha value is -2.54. The average molecular weight is 393 g/mol. The van der Waals surface area contributed by atoms with Crippen molar-refractivity contribution in [3.8, 4) is 0 Å². The van der Waals surface area contributed by atoms with E-state index in [0.29, 0.717) is 32.2 Å². The lowest BCUT2D eigenvalue weighted by molar-refractivity contribution is -0.137. The molecule has 2 N–H and O–H groups in total. The van der Waals surface area contributed by atoms with Gasteiger partial charge in [-0.3, -0.25) is 9.59 Å². The predicted molar refractivity (Wildman–Crippen MR) is 101 cm³/mol. The summed E-state index contributed by atoms with van der Waals surface area (Å²) in [6.07, 6.45) is 6.16. The molecule has 1 aliphatic rings. The van der Waals surface area contributed by atoms with Crippen LogP contribution in [0.5, 0.6) is 0 Å². The number of rotatable bonds is 10. The number of carbonyl (C=O) groups excluding carboxylic acids is 1. The number of aliphatic hydroxyl groups excluding tert-OH is 1. The van der Waals surface area contributed by atoms with Gasteiger partial charge >= 0.3 is 11.9 Å². The number of unbranched alkanes of at least 4 members (excludes halogenated alkanes) is 1. The van der Waals surface area contributed by atoms with Gasteiger partial charge in [0.05, 0.1) is 6.04 Å². The summed E-state index contributed by atoms with van der Waals surface area (Å²) in [4.78, 5) is 24.1. The number of benzene rings is 1. The van der Waals surface area contributed by atoms with E-state index in [-0.39, 0.29) is 23.9 Å². The third-order valence-corrected chi connectivity index (χ3v) is 4.65. The van der Waals surface area contributed by atoms with Crippen molar-refractivity contribution >= 4 is 11.9 Å². The summed E-state index contributed by atoms with van der Waals surface area (Å²) in [5, 5.41) is 18.5. The van der Waals surface area contributed by atoms with Crippen LogP contribution in [-0.4, -0.2) is 45.7 Å². The molecule has 1 saturated heterocycles. The van der Waals surface area contributed by atoms with E-state index in [9.17, 15) is 23.5 Å². The number of likely N-dealkylation sites (tertiary alicyclic amines) is 1. The summed E-state index contributed by atoms with van der Waals surface area (Å²) < 4.78 is 28.7. The number of aliphatic hydroxyl groups is 1. The molecule has 7 heteroatoms. The lowest BCUT2D eigenvalue weighted by atomic mass is 10.0. The number of carboxylic acids is 1. The maximum atomic E-state index is 14.3. The van der Waals surface area contributed by atoms with Crippen molar-refractivity contribution in [1.82, 2.24) is 4.90 Å². The van der Waals surface area contributed by atoms with Gasteiger partial charge in [-0.05, 0) is 19.3 Å². The number of carboxylic acid groups (broad SMARTS) is 1.